The Bertz CT molecular complexity index is 1680. The van der Waals surface area contributed by atoms with Crippen molar-refractivity contribution in [1.29, 1.82) is 0 Å². The summed E-state index contributed by atoms with van der Waals surface area (Å²) in [5, 5.41) is 4.14. The molecular formula is C30H38FN3O5S3. The molecule has 3 aromatic rings. The Hall–Kier alpha value is -2.41. The largest absolute Gasteiger partial charge is 0.347 e. The molecule has 1 aliphatic heterocycles. The summed E-state index contributed by atoms with van der Waals surface area (Å²) in [6, 6.07) is 10.0. The van der Waals surface area contributed by atoms with Crippen LogP contribution in [0.3, 0.4) is 0 Å². The lowest BCUT2D eigenvalue weighted by molar-refractivity contribution is 0.0933. The molecule has 1 aliphatic carbocycles. The van der Waals surface area contributed by atoms with E-state index < -0.39 is 37.5 Å². The number of halogens is 1. The number of nitrogens with zero attached hydrogens (tertiary/aromatic N) is 1. The first-order valence-electron chi connectivity index (χ1n) is 14.5. The lowest BCUT2D eigenvalue weighted by Gasteiger charge is -2.25. The average Bonchev–Trinajstić information content (AvgIpc) is 3.38. The second-order valence-corrected chi connectivity index (χ2v) is 17.4. The number of hydrogen-bond acceptors (Lipinski definition) is 7. The van der Waals surface area contributed by atoms with Crippen LogP contribution in [0.5, 0.6) is 0 Å². The van der Waals surface area contributed by atoms with Crippen molar-refractivity contribution in [3.63, 3.8) is 0 Å². The Morgan fingerprint density at radius 2 is 1.64 bits per heavy atom. The third-order valence-corrected chi connectivity index (χ3v) is 12.6. The fourth-order valence-electron chi connectivity index (χ4n) is 5.90. The number of carbonyl (C=O) groups excluding carboxylic acids is 1. The van der Waals surface area contributed by atoms with Crippen molar-refractivity contribution in [1.82, 2.24) is 15.0 Å². The van der Waals surface area contributed by atoms with E-state index in [2.05, 4.69) is 15.0 Å². The van der Waals surface area contributed by atoms with Crippen molar-refractivity contribution in [2.75, 3.05) is 11.5 Å². The van der Waals surface area contributed by atoms with E-state index in [1.54, 1.807) is 51.1 Å². The van der Waals surface area contributed by atoms with Crippen LogP contribution in [0, 0.1) is 5.92 Å². The average molecular weight is 636 g/mol. The number of carbonyl (C=O) groups is 1. The van der Waals surface area contributed by atoms with E-state index in [9.17, 15) is 21.6 Å². The third kappa shape index (κ3) is 6.87. The van der Waals surface area contributed by atoms with Crippen LogP contribution >= 0.6 is 11.3 Å². The predicted molar refractivity (Wildman–Crippen MR) is 165 cm³/mol. The topological polar surface area (TPSA) is 122 Å². The number of alkyl halides is 1. The van der Waals surface area contributed by atoms with Gasteiger partial charge in [0, 0.05) is 22.5 Å². The molecule has 1 atom stereocenters. The van der Waals surface area contributed by atoms with Crippen LogP contribution in [0.2, 0.25) is 0 Å². The third-order valence-electron chi connectivity index (χ3n) is 7.92. The Balaban J connectivity index is 1.57. The molecule has 0 bridgehead atoms. The standard InChI is InChI=1S/C30H38FN3O5S3/c1-30(2,3)34-42(38,39)24-14-13-23(21-11-7-8-12-22(21)24)27-26(25(31)19-9-5-4-6-10-19)33-29(40-27)28(35)32-20-15-17-41(36,37)18-16-20/h7-8,11-14,19-20,25,34H,4-6,9-10,15-18H2,1-3H3,(H,32,35). The molecule has 42 heavy (non-hydrogen) atoms. The van der Waals surface area contributed by atoms with Crippen molar-refractivity contribution < 1.29 is 26.0 Å². The predicted octanol–water partition coefficient (Wildman–Crippen LogP) is 5.94. The van der Waals surface area contributed by atoms with Gasteiger partial charge in [0.1, 0.15) is 16.0 Å². The zero-order chi connectivity index (χ0) is 30.3. The number of thiazole rings is 1. The highest BCUT2D eigenvalue weighted by Crippen LogP contribution is 2.45. The Labute approximate surface area is 251 Å². The van der Waals surface area contributed by atoms with Crippen LogP contribution in [0.4, 0.5) is 4.39 Å². The van der Waals surface area contributed by atoms with Crippen LogP contribution in [0.15, 0.2) is 41.3 Å². The zero-order valence-corrected chi connectivity index (χ0v) is 26.6. The maximum absolute atomic E-state index is 16.3. The maximum Gasteiger partial charge on any atom is 0.280 e. The van der Waals surface area contributed by atoms with E-state index in [1.807, 2.05) is 0 Å². The second-order valence-electron chi connectivity index (χ2n) is 12.4. The minimum Gasteiger partial charge on any atom is -0.347 e. The van der Waals surface area contributed by atoms with E-state index >= 15 is 4.39 Å². The first kappa shape index (κ1) is 31.0. The van der Waals surface area contributed by atoms with Crippen molar-refractivity contribution in [2.45, 2.75) is 88.4 Å². The molecule has 8 nitrogen and oxygen atoms in total. The number of rotatable bonds is 7. The molecular weight excluding hydrogens is 598 g/mol. The molecule has 2 fully saturated rings. The molecule has 5 rings (SSSR count). The first-order chi connectivity index (χ1) is 19.7. The molecule has 2 N–H and O–H groups in total. The van der Waals surface area contributed by atoms with Gasteiger partial charge in [0.25, 0.3) is 5.91 Å². The molecule has 2 aromatic carbocycles. The number of amides is 1. The lowest BCUT2D eigenvalue weighted by atomic mass is 9.84. The minimum absolute atomic E-state index is 0.0197. The minimum atomic E-state index is -3.86. The fraction of sp³-hybridized carbons (Fsp3) is 0.533. The Morgan fingerprint density at radius 3 is 2.29 bits per heavy atom. The quantitative estimate of drug-likeness (QED) is 0.332. The van der Waals surface area contributed by atoms with Crippen molar-refractivity contribution in [3.05, 3.63) is 47.1 Å². The normalized spacial score (nSPS) is 19.5. The van der Waals surface area contributed by atoms with Crippen LogP contribution in [-0.4, -0.2) is 50.8 Å². The van der Waals surface area contributed by atoms with Gasteiger partial charge in [-0.15, -0.1) is 11.3 Å². The fourth-order valence-corrected chi connectivity index (χ4v) is 10.1. The van der Waals surface area contributed by atoms with Gasteiger partial charge in [0.05, 0.1) is 27.0 Å². The van der Waals surface area contributed by atoms with Crippen LogP contribution in [-0.2, 0) is 19.9 Å². The number of hydrogen-bond donors (Lipinski definition) is 2. The molecule has 2 heterocycles. The van der Waals surface area contributed by atoms with Gasteiger partial charge in [-0.2, -0.15) is 0 Å². The van der Waals surface area contributed by atoms with Crippen molar-refractivity contribution in [2.24, 2.45) is 5.92 Å². The maximum atomic E-state index is 16.3. The van der Waals surface area contributed by atoms with Gasteiger partial charge in [-0.25, -0.2) is 30.9 Å². The number of benzene rings is 2. The SMILES string of the molecule is CC(C)(C)NS(=O)(=O)c1ccc(-c2sc(C(=O)NC3CCS(=O)(=O)CC3)nc2C(F)C2CCCCC2)c2ccccc12. The molecule has 1 aromatic heterocycles. The second kappa shape index (κ2) is 11.9. The van der Waals surface area contributed by atoms with Gasteiger partial charge in [0.2, 0.25) is 10.0 Å². The number of fused-ring (bicyclic) bond motifs is 1. The Kier molecular flexibility index (Phi) is 8.82. The molecule has 1 saturated carbocycles. The molecule has 2 aliphatic rings. The summed E-state index contributed by atoms with van der Waals surface area (Å²) in [7, 11) is -6.95. The van der Waals surface area contributed by atoms with Crippen LogP contribution in [0.1, 0.15) is 87.4 Å². The summed E-state index contributed by atoms with van der Waals surface area (Å²) >= 11 is 1.09. The smallest absolute Gasteiger partial charge is 0.280 e. The highest BCUT2D eigenvalue weighted by molar-refractivity contribution is 7.91. The van der Waals surface area contributed by atoms with E-state index in [4.69, 9.17) is 0 Å². The van der Waals surface area contributed by atoms with E-state index in [0.717, 1.165) is 43.4 Å². The van der Waals surface area contributed by atoms with E-state index in [0.29, 0.717) is 34.1 Å². The number of sulfone groups is 1. The molecule has 228 valence electrons. The zero-order valence-electron chi connectivity index (χ0n) is 24.2. The highest BCUT2D eigenvalue weighted by atomic mass is 32.2. The summed E-state index contributed by atoms with van der Waals surface area (Å²) in [4.78, 5) is 18.5. The highest BCUT2D eigenvalue weighted by Gasteiger charge is 2.33. The number of nitrogens with one attached hydrogen (secondary N) is 2. The van der Waals surface area contributed by atoms with Gasteiger partial charge in [-0.1, -0.05) is 49.6 Å². The summed E-state index contributed by atoms with van der Waals surface area (Å²) < 4.78 is 69.4. The van der Waals surface area contributed by atoms with Gasteiger partial charge < -0.3 is 5.32 Å². The molecule has 1 saturated heterocycles. The summed E-state index contributed by atoms with van der Waals surface area (Å²) in [5.41, 5.74) is 0.140. The van der Waals surface area contributed by atoms with Gasteiger partial charge in [-0.05, 0) is 63.8 Å². The van der Waals surface area contributed by atoms with E-state index in [-0.39, 0.29) is 39.1 Å². The molecule has 1 unspecified atom stereocenters. The van der Waals surface area contributed by atoms with Gasteiger partial charge in [-0.3, -0.25) is 4.79 Å². The number of aromatic nitrogens is 1. The van der Waals surface area contributed by atoms with E-state index in [1.165, 1.54) is 6.07 Å². The summed E-state index contributed by atoms with van der Waals surface area (Å²) in [5.74, 6) is -0.621. The van der Waals surface area contributed by atoms with Gasteiger partial charge in [0.15, 0.2) is 5.01 Å². The molecule has 0 spiro atoms. The molecule has 1 amide bonds. The lowest BCUT2D eigenvalue weighted by Crippen LogP contribution is -2.40. The summed E-state index contributed by atoms with van der Waals surface area (Å²) in [6.45, 7) is 5.32. The van der Waals surface area contributed by atoms with Crippen LogP contribution < -0.4 is 10.0 Å². The molecule has 0 radical (unpaired) electrons. The monoisotopic (exact) mass is 635 g/mol. The number of sulfonamides is 1. The van der Waals surface area contributed by atoms with Crippen molar-refractivity contribution in [3.8, 4) is 10.4 Å². The first-order valence-corrected chi connectivity index (χ1v) is 18.6. The van der Waals surface area contributed by atoms with Crippen LogP contribution in [0.25, 0.3) is 21.2 Å². The van der Waals surface area contributed by atoms with Gasteiger partial charge >= 0.3 is 0 Å². The molecule has 12 heteroatoms. The van der Waals surface area contributed by atoms with Crippen molar-refractivity contribution >= 4 is 47.9 Å². The Morgan fingerprint density at radius 1 is 1.00 bits per heavy atom. The summed E-state index contributed by atoms with van der Waals surface area (Å²) in [6.07, 6.45) is 3.73.